The van der Waals surface area contributed by atoms with E-state index in [2.05, 4.69) is 10.3 Å². The first-order valence-corrected chi connectivity index (χ1v) is 6.34. The van der Waals surface area contributed by atoms with E-state index >= 15 is 0 Å². The molecule has 0 amide bonds. The monoisotopic (exact) mass is 284 g/mol. The quantitative estimate of drug-likeness (QED) is 0.924. The van der Waals surface area contributed by atoms with Crippen LogP contribution in [-0.4, -0.2) is 31.2 Å². The Hall–Kier alpha value is -1.81. The van der Waals surface area contributed by atoms with Crippen LogP contribution in [0.5, 0.6) is 0 Å². The van der Waals surface area contributed by atoms with Gasteiger partial charge in [0.05, 0.1) is 5.56 Å². The molecule has 2 rings (SSSR count). The van der Waals surface area contributed by atoms with Crippen molar-refractivity contribution in [3.63, 3.8) is 0 Å². The predicted octanol–water partition coefficient (Wildman–Crippen LogP) is 2.16. The molecular weight excluding hydrogens is 269 g/mol. The van der Waals surface area contributed by atoms with E-state index in [1.807, 2.05) is 6.07 Å². The van der Waals surface area contributed by atoms with Crippen molar-refractivity contribution in [1.82, 2.24) is 10.3 Å². The Morgan fingerprint density at radius 3 is 2.80 bits per heavy atom. The molecule has 1 N–H and O–H groups in total. The van der Waals surface area contributed by atoms with Crippen molar-refractivity contribution in [3.8, 4) is 6.07 Å². The molecule has 0 aromatic carbocycles. The Bertz CT molecular complexity index is 515. The van der Waals surface area contributed by atoms with Gasteiger partial charge in [0.25, 0.3) is 0 Å². The van der Waals surface area contributed by atoms with Crippen LogP contribution in [0.25, 0.3) is 0 Å². The predicted molar refractivity (Wildman–Crippen MR) is 68.2 cm³/mol. The van der Waals surface area contributed by atoms with Crippen molar-refractivity contribution >= 4 is 5.82 Å². The second-order valence-corrected chi connectivity index (χ2v) is 4.85. The number of nitriles is 1. The molecule has 1 atom stereocenters. The second kappa shape index (κ2) is 5.67. The molecule has 1 fully saturated rings. The zero-order valence-electron chi connectivity index (χ0n) is 11.0. The molecule has 1 aliphatic heterocycles. The van der Waals surface area contributed by atoms with Gasteiger partial charge >= 0.3 is 6.18 Å². The van der Waals surface area contributed by atoms with Gasteiger partial charge in [0.2, 0.25) is 0 Å². The van der Waals surface area contributed by atoms with Gasteiger partial charge in [-0.3, -0.25) is 0 Å². The fourth-order valence-electron chi connectivity index (χ4n) is 2.31. The first-order chi connectivity index (χ1) is 9.41. The lowest BCUT2D eigenvalue weighted by Gasteiger charge is -2.23. The summed E-state index contributed by atoms with van der Waals surface area (Å²) in [5.74, 6) is 0.0797. The Morgan fingerprint density at radius 2 is 2.25 bits per heavy atom. The molecule has 1 aromatic rings. The Balaban J connectivity index is 2.25. The first kappa shape index (κ1) is 14.6. The van der Waals surface area contributed by atoms with Crippen molar-refractivity contribution in [3.05, 3.63) is 23.4 Å². The largest absolute Gasteiger partial charge is 0.433 e. The van der Waals surface area contributed by atoms with Crippen molar-refractivity contribution in [2.45, 2.75) is 25.1 Å². The number of hydrogen-bond acceptors (Lipinski definition) is 4. The minimum Gasteiger partial charge on any atom is -0.357 e. The summed E-state index contributed by atoms with van der Waals surface area (Å²) in [6.45, 7) is 1.45. The first-order valence-electron chi connectivity index (χ1n) is 6.34. The van der Waals surface area contributed by atoms with Gasteiger partial charge in [0.1, 0.15) is 17.6 Å². The summed E-state index contributed by atoms with van der Waals surface area (Å²) < 4.78 is 38.1. The minimum absolute atomic E-state index is 0.0797. The molecule has 20 heavy (non-hydrogen) atoms. The van der Waals surface area contributed by atoms with E-state index < -0.39 is 11.9 Å². The average Bonchev–Trinajstić information content (AvgIpc) is 2.89. The van der Waals surface area contributed by atoms with Crippen LogP contribution in [0, 0.1) is 11.3 Å². The van der Waals surface area contributed by atoms with Crippen LogP contribution >= 0.6 is 0 Å². The van der Waals surface area contributed by atoms with Gasteiger partial charge in [-0.15, -0.1) is 0 Å². The van der Waals surface area contributed by atoms with E-state index in [4.69, 9.17) is 5.26 Å². The number of halogens is 3. The lowest BCUT2D eigenvalue weighted by atomic mass is 10.2. The molecule has 0 spiro atoms. The summed E-state index contributed by atoms with van der Waals surface area (Å²) >= 11 is 0. The summed E-state index contributed by atoms with van der Waals surface area (Å²) in [6, 6.07) is 4.12. The molecule has 108 valence electrons. The molecule has 2 heterocycles. The van der Waals surface area contributed by atoms with E-state index in [1.54, 1.807) is 11.9 Å². The molecule has 1 aromatic heterocycles. The number of nitrogens with zero attached hydrogens (tertiary/aromatic N) is 3. The molecule has 7 heteroatoms. The zero-order valence-corrected chi connectivity index (χ0v) is 11.0. The van der Waals surface area contributed by atoms with E-state index in [9.17, 15) is 13.2 Å². The summed E-state index contributed by atoms with van der Waals surface area (Å²) in [5, 5.41) is 12.3. The number of pyridine rings is 1. The molecule has 0 bridgehead atoms. The van der Waals surface area contributed by atoms with E-state index in [0.717, 1.165) is 25.5 Å². The SMILES string of the molecule is CN(CC1CCCN1)c1nc(C(F)(F)F)ccc1C#N. The fourth-order valence-corrected chi connectivity index (χ4v) is 2.31. The third-order valence-electron chi connectivity index (χ3n) is 3.30. The third kappa shape index (κ3) is 3.20. The van der Waals surface area contributed by atoms with E-state index in [1.165, 1.54) is 6.07 Å². The molecule has 0 radical (unpaired) electrons. The lowest BCUT2D eigenvalue weighted by Crippen LogP contribution is -2.36. The maximum absolute atomic E-state index is 12.7. The molecule has 1 aliphatic rings. The molecule has 0 saturated carbocycles. The van der Waals surface area contributed by atoms with E-state index in [-0.39, 0.29) is 17.4 Å². The summed E-state index contributed by atoms with van der Waals surface area (Å²) in [5.41, 5.74) is -0.823. The Labute approximate surface area is 115 Å². The number of likely N-dealkylation sites (N-methyl/N-ethyl adjacent to an activating group) is 1. The number of rotatable bonds is 3. The maximum atomic E-state index is 12.7. The van der Waals surface area contributed by atoms with Crippen LogP contribution < -0.4 is 10.2 Å². The van der Waals surface area contributed by atoms with Crippen molar-refractivity contribution in [2.24, 2.45) is 0 Å². The van der Waals surface area contributed by atoms with Gasteiger partial charge in [-0.2, -0.15) is 18.4 Å². The van der Waals surface area contributed by atoms with Crippen LogP contribution in [0.15, 0.2) is 12.1 Å². The summed E-state index contributed by atoms with van der Waals surface area (Å²) in [6.07, 6.45) is -2.47. The highest BCUT2D eigenvalue weighted by atomic mass is 19.4. The van der Waals surface area contributed by atoms with Gasteiger partial charge in [-0.1, -0.05) is 0 Å². The average molecular weight is 284 g/mol. The third-order valence-corrected chi connectivity index (χ3v) is 3.30. The molecule has 1 unspecified atom stereocenters. The van der Waals surface area contributed by atoms with Crippen LogP contribution in [0.1, 0.15) is 24.1 Å². The summed E-state index contributed by atoms with van der Waals surface area (Å²) in [4.78, 5) is 5.22. The Kier molecular flexibility index (Phi) is 4.14. The minimum atomic E-state index is -4.50. The molecule has 0 aliphatic carbocycles. The molecule has 1 saturated heterocycles. The number of alkyl halides is 3. The van der Waals surface area contributed by atoms with Crippen molar-refractivity contribution < 1.29 is 13.2 Å². The van der Waals surface area contributed by atoms with Crippen LogP contribution in [0.2, 0.25) is 0 Å². The van der Waals surface area contributed by atoms with Crippen molar-refractivity contribution in [1.29, 1.82) is 5.26 Å². The normalized spacial score (nSPS) is 18.9. The van der Waals surface area contributed by atoms with Gasteiger partial charge in [0.15, 0.2) is 0 Å². The van der Waals surface area contributed by atoms with Crippen LogP contribution in [0.4, 0.5) is 19.0 Å². The standard InChI is InChI=1S/C13H15F3N4/c1-20(8-10-3-2-6-18-10)12-9(7-17)4-5-11(19-12)13(14,15)16/h4-5,10,18H,2-3,6,8H2,1H3. The summed E-state index contributed by atoms with van der Waals surface area (Å²) in [7, 11) is 1.66. The number of hydrogen-bond donors (Lipinski definition) is 1. The van der Waals surface area contributed by atoms with Crippen LogP contribution in [0.3, 0.4) is 0 Å². The van der Waals surface area contributed by atoms with Gasteiger partial charge in [0, 0.05) is 19.6 Å². The van der Waals surface area contributed by atoms with Gasteiger partial charge in [-0.05, 0) is 31.5 Å². The Morgan fingerprint density at radius 1 is 1.50 bits per heavy atom. The van der Waals surface area contributed by atoms with Crippen molar-refractivity contribution in [2.75, 3.05) is 25.0 Å². The fraction of sp³-hybridized carbons (Fsp3) is 0.538. The van der Waals surface area contributed by atoms with Crippen LogP contribution in [-0.2, 0) is 6.18 Å². The molecular formula is C13H15F3N4. The zero-order chi connectivity index (χ0) is 14.8. The second-order valence-electron chi connectivity index (χ2n) is 4.85. The molecule has 4 nitrogen and oxygen atoms in total. The smallest absolute Gasteiger partial charge is 0.357 e. The van der Waals surface area contributed by atoms with Gasteiger partial charge < -0.3 is 10.2 Å². The lowest BCUT2D eigenvalue weighted by molar-refractivity contribution is -0.141. The highest BCUT2D eigenvalue weighted by molar-refractivity contribution is 5.54. The maximum Gasteiger partial charge on any atom is 0.433 e. The number of aromatic nitrogens is 1. The topological polar surface area (TPSA) is 52.0 Å². The van der Waals surface area contributed by atoms with E-state index in [0.29, 0.717) is 6.54 Å². The number of nitrogens with one attached hydrogen (secondary N) is 1. The number of anilines is 1. The highest BCUT2D eigenvalue weighted by Crippen LogP contribution is 2.30. The van der Waals surface area contributed by atoms with Gasteiger partial charge in [-0.25, -0.2) is 4.98 Å². The highest BCUT2D eigenvalue weighted by Gasteiger charge is 2.33.